The lowest BCUT2D eigenvalue weighted by atomic mass is 9.76. The van der Waals surface area contributed by atoms with Gasteiger partial charge in [0.15, 0.2) is 0 Å². The van der Waals surface area contributed by atoms with Crippen molar-refractivity contribution in [2.45, 2.75) is 44.1 Å². The third kappa shape index (κ3) is 3.39. The fourth-order valence-electron chi connectivity index (χ4n) is 4.45. The van der Waals surface area contributed by atoms with Crippen molar-refractivity contribution in [3.63, 3.8) is 0 Å². The highest BCUT2D eigenvalue weighted by Gasteiger charge is 2.44. The normalized spacial score (nSPS) is 20.4. The van der Waals surface area contributed by atoms with E-state index in [2.05, 4.69) is 11.4 Å². The van der Waals surface area contributed by atoms with E-state index in [-0.39, 0.29) is 23.3 Å². The zero-order valence-electron chi connectivity index (χ0n) is 16.4. The zero-order chi connectivity index (χ0) is 19.7. The Morgan fingerprint density at radius 2 is 1.96 bits per heavy atom. The second-order valence-corrected chi connectivity index (χ2v) is 7.78. The third-order valence-corrected chi connectivity index (χ3v) is 6.07. The maximum absolute atomic E-state index is 12.8. The van der Waals surface area contributed by atoms with Crippen LogP contribution in [0.25, 0.3) is 0 Å². The molecule has 1 spiro atoms. The molecule has 1 fully saturated rings. The molecule has 0 aliphatic carbocycles. The predicted octanol–water partition coefficient (Wildman–Crippen LogP) is 3.27. The Morgan fingerprint density at radius 1 is 1.21 bits per heavy atom. The van der Waals surface area contributed by atoms with Gasteiger partial charge in [-0.2, -0.15) is 0 Å². The monoisotopic (exact) mass is 382 g/mol. The Kier molecular flexibility index (Phi) is 4.87. The predicted molar refractivity (Wildman–Crippen MR) is 104 cm³/mol. The van der Waals surface area contributed by atoms with Gasteiger partial charge in [-0.25, -0.2) is 0 Å². The number of aryl methyl sites for hydroxylation is 1. The van der Waals surface area contributed by atoms with Crippen molar-refractivity contribution in [1.29, 1.82) is 0 Å². The highest BCUT2D eigenvalue weighted by atomic mass is 16.5. The lowest BCUT2D eigenvalue weighted by Crippen LogP contribution is -2.52. The molecule has 1 saturated heterocycles. The van der Waals surface area contributed by atoms with Crippen LogP contribution in [0.2, 0.25) is 0 Å². The van der Waals surface area contributed by atoms with Gasteiger partial charge in [0.05, 0.1) is 11.8 Å². The lowest BCUT2D eigenvalue weighted by Gasteiger charge is -2.46. The molecular weight excluding hydrogens is 356 g/mol. The number of fused-ring (bicyclic) bond motifs is 1. The van der Waals surface area contributed by atoms with Crippen molar-refractivity contribution in [3.8, 4) is 5.75 Å². The van der Waals surface area contributed by atoms with Crippen LogP contribution in [0, 0.1) is 6.92 Å². The summed E-state index contributed by atoms with van der Waals surface area (Å²) in [6.45, 7) is 3.08. The minimum atomic E-state index is -0.324. The Labute approximate surface area is 164 Å². The van der Waals surface area contributed by atoms with Crippen LogP contribution in [0.5, 0.6) is 5.75 Å². The minimum absolute atomic E-state index is 0.0132. The van der Waals surface area contributed by atoms with Gasteiger partial charge < -0.3 is 19.4 Å². The number of nitrogens with one attached hydrogen (secondary N) is 1. The van der Waals surface area contributed by atoms with E-state index >= 15 is 0 Å². The molecule has 0 radical (unpaired) electrons. The summed E-state index contributed by atoms with van der Waals surface area (Å²) >= 11 is 0. The molecule has 1 aromatic heterocycles. The van der Waals surface area contributed by atoms with Gasteiger partial charge in [-0.1, -0.05) is 18.2 Å². The molecule has 0 saturated carbocycles. The molecule has 2 amide bonds. The second-order valence-electron chi connectivity index (χ2n) is 7.78. The van der Waals surface area contributed by atoms with Crippen LogP contribution in [0.15, 0.2) is 41.0 Å². The number of carbonyl (C=O) groups is 2. The number of carbonyl (C=O) groups excluding carboxylic acids is 2. The van der Waals surface area contributed by atoms with E-state index in [0.29, 0.717) is 30.8 Å². The van der Waals surface area contributed by atoms with Gasteiger partial charge in [-0.3, -0.25) is 9.59 Å². The van der Waals surface area contributed by atoms with Crippen molar-refractivity contribution >= 4 is 11.8 Å². The molecule has 148 valence electrons. The number of hydrogen-bond donors (Lipinski definition) is 1. The average Bonchev–Trinajstić information content (AvgIpc) is 3.14. The first kappa shape index (κ1) is 18.6. The van der Waals surface area contributed by atoms with Gasteiger partial charge in [0.25, 0.3) is 5.91 Å². The first-order valence-corrected chi connectivity index (χ1v) is 9.83. The molecule has 1 N–H and O–H groups in total. The second kappa shape index (κ2) is 7.34. The fraction of sp³-hybridized carbons (Fsp3) is 0.455. The van der Waals surface area contributed by atoms with Crippen molar-refractivity contribution in [2.24, 2.45) is 0 Å². The highest BCUT2D eigenvalue weighted by molar-refractivity contribution is 5.95. The maximum Gasteiger partial charge on any atom is 0.257 e. The quantitative estimate of drug-likeness (QED) is 0.884. The van der Waals surface area contributed by atoms with E-state index < -0.39 is 0 Å². The molecule has 3 heterocycles. The summed E-state index contributed by atoms with van der Waals surface area (Å²) in [4.78, 5) is 26.7. The number of ether oxygens (including phenoxy) is 1. The van der Waals surface area contributed by atoms with Gasteiger partial charge >= 0.3 is 0 Å². The summed E-state index contributed by atoms with van der Waals surface area (Å²) in [6.07, 6.45) is 4.32. The van der Waals surface area contributed by atoms with E-state index in [0.717, 1.165) is 30.6 Å². The SMILES string of the molecule is CNC(=O)C[C@H]1CC2(CCN(C(=O)c3ccoc3C)CC2)Oc2ccccc21. The lowest BCUT2D eigenvalue weighted by molar-refractivity contribution is -0.121. The van der Waals surface area contributed by atoms with Gasteiger partial charge in [0.2, 0.25) is 5.91 Å². The highest BCUT2D eigenvalue weighted by Crippen LogP contribution is 2.46. The fourth-order valence-corrected chi connectivity index (χ4v) is 4.45. The van der Waals surface area contributed by atoms with Gasteiger partial charge in [-0.15, -0.1) is 0 Å². The van der Waals surface area contributed by atoms with Crippen LogP contribution >= 0.6 is 0 Å². The van der Waals surface area contributed by atoms with Crippen molar-refractivity contribution in [2.75, 3.05) is 20.1 Å². The summed E-state index contributed by atoms with van der Waals surface area (Å²) in [5, 5.41) is 2.74. The summed E-state index contributed by atoms with van der Waals surface area (Å²) < 4.78 is 11.7. The minimum Gasteiger partial charge on any atom is -0.487 e. The number of rotatable bonds is 3. The number of para-hydroxylation sites is 1. The molecular formula is C22H26N2O4. The number of hydrogen-bond acceptors (Lipinski definition) is 4. The van der Waals surface area contributed by atoms with Crippen LogP contribution in [-0.4, -0.2) is 42.5 Å². The molecule has 2 aliphatic rings. The third-order valence-electron chi connectivity index (χ3n) is 6.07. The smallest absolute Gasteiger partial charge is 0.257 e. The molecule has 28 heavy (non-hydrogen) atoms. The molecule has 6 heteroatoms. The summed E-state index contributed by atoms with van der Waals surface area (Å²) in [7, 11) is 1.67. The van der Waals surface area contributed by atoms with Crippen molar-refractivity contribution < 1.29 is 18.7 Å². The molecule has 0 unspecified atom stereocenters. The molecule has 0 bridgehead atoms. The van der Waals surface area contributed by atoms with Gasteiger partial charge in [0, 0.05) is 45.3 Å². The number of amides is 2. The number of likely N-dealkylation sites (tertiary alicyclic amines) is 1. The Hall–Kier alpha value is -2.76. The molecule has 6 nitrogen and oxygen atoms in total. The van der Waals surface area contributed by atoms with Crippen LogP contribution in [-0.2, 0) is 4.79 Å². The number of furan rings is 1. The van der Waals surface area contributed by atoms with Crippen LogP contribution in [0.4, 0.5) is 0 Å². The summed E-state index contributed by atoms with van der Waals surface area (Å²) in [6, 6.07) is 9.73. The topological polar surface area (TPSA) is 71.8 Å². The summed E-state index contributed by atoms with van der Waals surface area (Å²) in [5.41, 5.74) is 1.41. The molecule has 2 aliphatic heterocycles. The maximum atomic E-state index is 12.8. The van der Waals surface area contributed by atoms with E-state index in [1.807, 2.05) is 30.0 Å². The van der Waals surface area contributed by atoms with Crippen LogP contribution in [0.1, 0.15) is 53.3 Å². The van der Waals surface area contributed by atoms with Crippen molar-refractivity contribution in [3.05, 3.63) is 53.5 Å². The van der Waals surface area contributed by atoms with E-state index in [1.54, 1.807) is 19.4 Å². The first-order chi connectivity index (χ1) is 13.5. The van der Waals surface area contributed by atoms with Crippen LogP contribution < -0.4 is 10.1 Å². The van der Waals surface area contributed by atoms with E-state index in [1.165, 1.54) is 0 Å². The van der Waals surface area contributed by atoms with E-state index in [4.69, 9.17) is 9.15 Å². The molecule has 1 atom stereocenters. The van der Waals surface area contributed by atoms with Crippen molar-refractivity contribution in [1.82, 2.24) is 10.2 Å². The number of nitrogens with zero attached hydrogens (tertiary/aromatic N) is 1. The Balaban J connectivity index is 1.51. The first-order valence-electron chi connectivity index (χ1n) is 9.83. The average molecular weight is 382 g/mol. The largest absolute Gasteiger partial charge is 0.487 e. The molecule has 1 aromatic carbocycles. The standard InChI is InChI=1S/C22H26N2O4/c1-15-17(7-12-27-15)21(26)24-10-8-22(9-11-24)14-16(13-20(25)23-2)18-5-3-4-6-19(18)28-22/h3-7,12,16H,8-11,13-14H2,1-2H3,(H,23,25)/t16-/m0/s1. The van der Waals surface area contributed by atoms with Gasteiger partial charge in [-0.05, 0) is 31.0 Å². The van der Waals surface area contributed by atoms with E-state index in [9.17, 15) is 9.59 Å². The Morgan fingerprint density at radius 3 is 2.64 bits per heavy atom. The Bertz CT molecular complexity index is 880. The van der Waals surface area contributed by atoms with Gasteiger partial charge in [0.1, 0.15) is 17.1 Å². The molecule has 4 rings (SSSR count). The van der Waals surface area contributed by atoms with Crippen LogP contribution in [0.3, 0.4) is 0 Å². The molecule has 2 aromatic rings. The number of piperidine rings is 1. The number of benzene rings is 1. The zero-order valence-corrected chi connectivity index (χ0v) is 16.4. The summed E-state index contributed by atoms with van der Waals surface area (Å²) in [5.74, 6) is 1.70.